The topological polar surface area (TPSA) is 58.6 Å². The molecule has 0 radical (unpaired) electrons. The highest BCUT2D eigenvalue weighted by atomic mass is 79.9. The first kappa shape index (κ1) is 18.7. The van der Waals surface area contributed by atoms with Gasteiger partial charge in [-0.05, 0) is 52.2 Å². The Hall–Kier alpha value is -3.04. The lowest BCUT2D eigenvalue weighted by molar-refractivity contribution is -0.123. The zero-order valence-corrected chi connectivity index (χ0v) is 16.2. The molecule has 0 aromatic heterocycles. The van der Waals surface area contributed by atoms with Gasteiger partial charge in [0.15, 0.2) is 0 Å². The molecule has 1 aliphatic heterocycles. The van der Waals surface area contributed by atoms with Crippen molar-refractivity contribution in [1.82, 2.24) is 10.2 Å². The van der Waals surface area contributed by atoms with E-state index in [4.69, 9.17) is 11.2 Å². The van der Waals surface area contributed by atoms with Crippen LogP contribution in [0.25, 0.3) is 6.08 Å². The predicted octanol–water partition coefficient (Wildman–Crippen LogP) is 3.86. The van der Waals surface area contributed by atoms with E-state index in [1.54, 1.807) is 24.3 Å². The monoisotopic (exact) mass is 424 g/mol. The number of amides is 3. The van der Waals surface area contributed by atoms with E-state index in [0.717, 1.165) is 16.7 Å². The van der Waals surface area contributed by atoms with Gasteiger partial charge in [-0.1, -0.05) is 41.8 Å². The third-order valence-corrected chi connectivity index (χ3v) is 4.62. The number of hydrogen-bond acceptors (Lipinski definition) is 3. The first-order valence-electron chi connectivity index (χ1n) is 8.24. The number of carbonyl (C=O) groups excluding carboxylic acids is 2. The second kappa shape index (κ2) is 8.11. The van der Waals surface area contributed by atoms with Crippen LogP contribution in [0.2, 0.25) is 0 Å². The Bertz CT molecular complexity index is 958. The molecule has 0 unspecified atom stereocenters. The van der Waals surface area contributed by atoms with E-state index >= 15 is 0 Å². The molecule has 1 aliphatic rings. The van der Waals surface area contributed by atoms with Gasteiger partial charge in [0.1, 0.15) is 18.1 Å². The summed E-state index contributed by atoms with van der Waals surface area (Å²) in [4.78, 5) is 26.0. The van der Waals surface area contributed by atoms with Crippen LogP contribution >= 0.6 is 15.9 Å². The number of halogens is 1. The van der Waals surface area contributed by atoms with Crippen LogP contribution in [0.1, 0.15) is 16.7 Å². The first-order valence-corrected chi connectivity index (χ1v) is 9.03. The average Bonchev–Trinajstić information content (AvgIpc) is 2.90. The third kappa shape index (κ3) is 4.39. The second-order valence-corrected chi connectivity index (χ2v) is 6.90. The molecule has 3 amide bonds. The maximum absolute atomic E-state index is 12.6. The van der Waals surface area contributed by atoms with E-state index in [2.05, 4.69) is 27.2 Å². The van der Waals surface area contributed by atoms with Crippen LogP contribution in [-0.4, -0.2) is 23.4 Å². The van der Waals surface area contributed by atoms with Gasteiger partial charge in [0, 0.05) is 0 Å². The molecular formula is C21H17BrN2O3. The van der Waals surface area contributed by atoms with Crippen LogP contribution in [0.15, 0.2) is 52.6 Å². The summed E-state index contributed by atoms with van der Waals surface area (Å²) >= 11 is 3.41. The summed E-state index contributed by atoms with van der Waals surface area (Å²) in [5.74, 6) is 2.65. The predicted molar refractivity (Wildman–Crippen MR) is 107 cm³/mol. The summed E-state index contributed by atoms with van der Waals surface area (Å²) in [6, 6.07) is 12.6. The molecule has 1 heterocycles. The van der Waals surface area contributed by atoms with Crippen molar-refractivity contribution < 1.29 is 14.3 Å². The number of nitrogens with one attached hydrogen (secondary N) is 1. The maximum atomic E-state index is 12.6. The summed E-state index contributed by atoms with van der Waals surface area (Å²) in [5, 5.41) is 2.63. The van der Waals surface area contributed by atoms with Crippen molar-refractivity contribution in [3.8, 4) is 18.1 Å². The third-order valence-electron chi connectivity index (χ3n) is 4.00. The molecule has 6 heteroatoms. The zero-order chi connectivity index (χ0) is 19.4. The molecule has 5 nitrogen and oxygen atoms in total. The van der Waals surface area contributed by atoms with Crippen LogP contribution in [0.4, 0.5) is 4.79 Å². The minimum absolute atomic E-state index is 0.168. The summed E-state index contributed by atoms with van der Waals surface area (Å²) in [7, 11) is 0. The Balaban J connectivity index is 1.76. The molecule has 1 fully saturated rings. The minimum Gasteiger partial charge on any atom is -0.480 e. The molecule has 2 aromatic carbocycles. The SMILES string of the molecule is C#CCOc1ccc(/C=C2/NC(=O)N(Cc3ccc(C)cc3)C2=O)cc1Br. The number of carbonyl (C=O) groups is 2. The number of aryl methyl sites for hydroxylation is 1. The summed E-state index contributed by atoms with van der Waals surface area (Å²) < 4.78 is 6.10. The van der Waals surface area contributed by atoms with Gasteiger partial charge in [0.2, 0.25) is 0 Å². The molecule has 0 spiro atoms. The van der Waals surface area contributed by atoms with Gasteiger partial charge in [-0.15, -0.1) is 6.42 Å². The van der Waals surface area contributed by atoms with E-state index in [-0.39, 0.29) is 24.8 Å². The van der Waals surface area contributed by atoms with Gasteiger partial charge in [-0.2, -0.15) is 0 Å². The smallest absolute Gasteiger partial charge is 0.329 e. The van der Waals surface area contributed by atoms with Crippen molar-refractivity contribution in [3.63, 3.8) is 0 Å². The van der Waals surface area contributed by atoms with E-state index in [1.165, 1.54) is 4.90 Å². The molecule has 2 aromatic rings. The van der Waals surface area contributed by atoms with Crippen molar-refractivity contribution in [2.24, 2.45) is 0 Å². The average molecular weight is 425 g/mol. The summed E-state index contributed by atoms with van der Waals surface area (Å²) in [6.45, 7) is 2.38. The van der Waals surface area contributed by atoms with Crippen LogP contribution in [0.5, 0.6) is 5.75 Å². The number of terminal acetylenes is 1. The molecular weight excluding hydrogens is 408 g/mol. The number of imide groups is 1. The molecule has 1 N–H and O–H groups in total. The Morgan fingerprint density at radius 2 is 1.96 bits per heavy atom. The van der Waals surface area contributed by atoms with Gasteiger partial charge >= 0.3 is 6.03 Å². The minimum atomic E-state index is -0.431. The van der Waals surface area contributed by atoms with E-state index < -0.39 is 6.03 Å². The second-order valence-electron chi connectivity index (χ2n) is 6.05. The van der Waals surface area contributed by atoms with Crippen molar-refractivity contribution in [2.45, 2.75) is 13.5 Å². The fourth-order valence-corrected chi connectivity index (χ4v) is 3.11. The van der Waals surface area contributed by atoms with Crippen LogP contribution in [0.3, 0.4) is 0 Å². The molecule has 27 heavy (non-hydrogen) atoms. The Morgan fingerprint density at radius 3 is 2.63 bits per heavy atom. The summed E-state index contributed by atoms with van der Waals surface area (Å²) in [6.07, 6.45) is 6.82. The van der Waals surface area contributed by atoms with Crippen LogP contribution < -0.4 is 10.1 Å². The Labute approximate surface area is 166 Å². The number of ether oxygens (including phenoxy) is 1. The number of benzene rings is 2. The van der Waals surface area contributed by atoms with Gasteiger partial charge in [-0.25, -0.2) is 4.79 Å². The van der Waals surface area contributed by atoms with Crippen molar-refractivity contribution >= 4 is 33.9 Å². The van der Waals surface area contributed by atoms with E-state index in [9.17, 15) is 9.59 Å². The maximum Gasteiger partial charge on any atom is 0.329 e. The number of rotatable bonds is 5. The lowest BCUT2D eigenvalue weighted by atomic mass is 10.1. The van der Waals surface area contributed by atoms with Crippen LogP contribution in [-0.2, 0) is 11.3 Å². The quantitative estimate of drug-likeness (QED) is 0.450. The number of nitrogens with zero attached hydrogens (tertiary/aromatic N) is 1. The number of hydrogen-bond donors (Lipinski definition) is 1. The molecule has 0 bridgehead atoms. The lowest BCUT2D eigenvalue weighted by Gasteiger charge is -2.11. The first-order chi connectivity index (χ1) is 13.0. The number of urea groups is 1. The lowest BCUT2D eigenvalue weighted by Crippen LogP contribution is -2.30. The molecule has 0 aliphatic carbocycles. The van der Waals surface area contributed by atoms with Crippen molar-refractivity contribution in [3.05, 3.63) is 69.3 Å². The van der Waals surface area contributed by atoms with E-state index in [0.29, 0.717) is 10.2 Å². The van der Waals surface area contributed by atoms with E-state index in [1.807, 2.05) is 31.2 Å². The highest BCUT2D eigenvalue weighted by Crippen LogP contribution is 2.27. The van der Waals surface area contributed by atoms with Gasteiger partial charge < -0.3 is 10.1 Å². The molecule has 3 rings (SSSR count). The van der Waals surface area contributed by atoms with Gasteiger partial charge in [0.25, 0.3) is 5.91 Å². The highest BCUT2D eigenvalue weighted by molar-refractivity contribution is 9.10. The molecule has 1 saturated heterocycles. The standard InChI is InChI=1S/C21H17BrN2O3/c1-3-10-27-19-9-8-16(11-17(19)22)12-18-20(25)24(21(26)23-18)13-15-6-4-14(2)5-7-15/h1,4-9,11-12H,10,13H2,2H3,(H,23,26)/b18-12+. The van der Waals surface area contributed by atoms with Gasteiger partial charge in [-0.3, -0.25) is 9.69 Å². The zero-order valence-electron chi connectivity index (χ0n) is 14.7. The van der Waals surface area contributed by atoms with Crippen LogP contribution in [0, 0.1) is 19.3 Å². The fourth-order valence-electron chi connectivity index (χ4n) is 2.60. The molecule has 0 saturated carbocycles. The normalized spacial score (nSPS) is 15.0. The Kier molecular flexibility index (Phi) is 5.63. The molecule has 0 atom stereocenters. The van der Waals surface area contributed by atoms with Gasteiger partial charge in [0.05, 0.1) is 11.0 Å². The fraction of sp³-hybridized carbons (Fsp3) is 0.143. The summed E-state index contributed by atoms with van der Waals surface area (Å²) in [5.41, 5.74) is 2.99. The highest BCUT2D eigenvalue weighted by Gasteiger charge is 2.33. The molecule has 136 valence electrons. The van der Waals surface area contributed by atoms with Crippen molar-refractivity contribution in [2.75, 3.05) is 6.61 Å². The largest absolute Gasteiger partial charge is 0.480 e. The van der Waals surface area contributed by atoms with Crippen molar-refractivity contribution in [1.29, 1.82) is 0 Å². The Morgan fingerprint density at radius 1 is 1.22 bits per heavy atom.